The SMILES string of the molecule is O=C(OCC(=O)N1CCN(c2ccccc2F)CC1)c1cncc(Br)c1. The predicted octanol–water partition coefficient (Wildman–Crippen LogP) is 2.49. The summed E-state index contributed by atoms with van der Waals surface area (Å²) in [6.07, 6.45) is 2.93. The Hall–Kier alpha value is -2.48. The van der Waals surface area contributed by atoms with Crippen molar-refractivity contribution in [3.8, 4) is 0 Å². The minimum atomic E-state index is -0.600. The second-order valence-corrected chi connectivity index (χ2v) is 6.70. The van der Waals surface area contributed by atoms with Crippen molar-refractivity contribution in [3.63, 3.8) is 0 Å². The highest BCUT2D eigenvalue weighted by Gasteiger charge is 2.23. The number of ether oxygens (including phenoxy) is 1. The minimum Gasteiger partial charge on any atom is -0.452 e. The Kier molecular flexibility index (Phi) is 5.82. The number of carbonyl (C=O) groups excluding carboxylic acids is 2. The van der Waals surface area contributed by atoms with Gasteiger partial charge in [-0.25, -0.2) is 9.18 Å². The fraction of sp³-hybridized carbons (Fsp3) is 0.278. The zero-order chi connectivity index (χ0) is 18.5. The van der Waals surface area contributed by atoms with Gasteiger partial charge in [0.25, 0.3) is 5.91 Å². The maximum Gasteiger partial charge on any atom is 0.340 e. The molecule has 0 bridgehead atoms. The third-order valence-electron chi connectivity index (χ3n) is 4.09. The molecule has 0 radical (unpaired) electrons. The van der Waals surface area contributed by atoms with Gasteiger partial charge in [0, 0.05) is 43.0 Å². The van der Waals surface area contributed by atoms with E-state index in [0.717, 1.165) is 0 Å². The summed E-state index contributed by atoms with van der Waals surface area (Å²) in [6, 6.07) is 8.15. The van der Waals surface area contributed by atoms with Gasteiger partial charge in [-0.2, -0.15) is 0 Å². The Bertz CT molecular complexity index is 810. The standard InChI is InChI=1S/C18H17BrFN3O3/c19-14-9-13(10-21-11-14)18(25)26-12-17(24)23-7-5-22(6-8-23)16-4-2-1-3-15(16)20/h1-4,9-11H,5-8,12H2. The van der Waals surface area contributed by atoms with E-state index in [2.05, 4.69) is 20.9 Å². The molecule has 3 rings (SSSR count). The van der Waals surface area contributed by atoms with Crippen LogP contribution in [0.4, 0.5) is 10.1 Å². The second kappa shape index (κ2) is 8.27. The van der Waals surface area contributed by atoms with Gasteiger partial charge in [0.15, 0.2) is 6.61 Å². The summed E-state index contributed by atoms with van der Waals surface area (Å²) >= 11 is 3.23. The third kappa shape index (κ3) is 4.37. The molecule has 0 unspecified atom stereocenters. The summed E-state index contributed by atoms with van der Waals surface area (Å²) in [5, 5.41) is 0. The lowest BCUT2D eigenvalue weighted by atomic mass is 10.2. The molecule has 2 heterocycles. The molecule has 6 nitrogen and oxygen atoms in total. The molecule has 26 heavy (non-hydrogen) atoms. The van der Waals surface area contributed by atoms with Gasteiger partial charge in [-0.3, -0.25) is 9.78 Å². The van der Waals surface area contributed by atoms with Crippen molar-refractivity contribution >= 4 is 33.5 Å². The molecule has 0 N–H and O–H groups in total. The lowest BCUT2D eigenvalue weighted by Crippen LogP contribution is -2.50. The summed E-state index contributed by atoms with van der Waals surface area (Å²) in [6.45, 7) is 1.61. The lowest BCUT2D eigenvalue weighted by Gasteiger charge is -2.36. The highest BCUT2D eigenvalue weighted by atomic mass is 79.9. The number of piperazine rings is 1. The maximum absolute atomic E-state index is 13.8. The number of para-hydroxylation sites is 1. The van der Waals surface area contributed by atoms with Gasteiger partial charge in [0.1, 0.15) is 5.82 Å². The number of halogens is 2. The van der Waals surface area contributed by atoms with E-state index in [1.165, 1.54) is 12.3 Å². The molecule has 2 aromatic rings. The van der Waals surface area contributed by atoms with Crippen molar-refractivity contribution in [3.05, 3.63) is 58.6 Å². The first kappa shape index (κ1) is 18.3. The molecule has 8 heteroatoms. The van der Waals surface area contributed by atoms with E-state index in [-0.39, 0.29) is 23.9 Å². The van der Waals surface area contributed by atoms with Crippen LogP contribution in [0.25, 0.3) is 0 Å². The number of benzene rings is 1. The fourth-order valence-electron chi connectivity index (χ4n) is 2.73. The van der Waals surface area contributed by atoms with Crippen LogP contribution in [0.2, 0.25) is 0 Å². The van der Waals surface area contributed by atoms with Gasteiger partial charge >= 0.3 is 5.97 Å². The van der Waals surface area contributed by atoms with Crippen LogP contribution < -0.4 is 4.90 Å². The van der Waals surface area contributed by atoms with E-state index in [1.807, 2.05) is 4.90 Å². The van der Waals surface area contributed by atoms with Crippen molar-refractivity contribution < 1.29 is 18.7 Å². The number of nitrogens with zero attached hydrogens (tertiary/aromatic N) is 3. The van der Waals surface area contributed by atoms with E-state index in [0.29, 0.717) is 36.3 Å². The normalized spacial score (nSPS) is 14.2. The monoisotopic (exact) mass is 421 g/mol. The quantitative estimate of drug-likeness (QED) is 0.709. The van der Waals surface area contributed by atoms with Crippen molar-refractivity contribution in [2.24, 2.45) is 0 Å². The molecular weight excluding hydrogens is 405 g/mol. The molecule has 1 aliphatic rings. The largest absolute Gasteiger partial charge is 0.452 e. The van der Waals surface area contributed by atoms with E-state index in [1.54, 1.807) is 35.4 Å². The number of pyridine rings is 1. The maximum atomic E-state index is 13.8. The average molecular weight is 422 g/mol. The number of hydrogen-bond acceptors (Lipinski definition) is 5. The molecule has 1 aliphatic heterocycles. The zero-order valence-electron chi connectivity index (χ0n) is 13.9. The second-order valence-electron chi connectivity index (χ2n) is 5.79. The van der Waals surface area contributed by atoms with Gasteiger partial charge in [-0.05, 0) is 34.1 Å². The first-order chi connectivity index (χ1) is 12.5. The predicted molar refractivity (Wildman–Crippen MR) is 97.4 cm³/mol. The van der Waals surface area contributed by atoms with Crippen LogP contribution in [0.5, 0.6) is 0 Å². The summed E-state index contributed by atoms with van der Waals surface area (Å²) in [4.78, 5) is 31.6. The number of carbonyl (C=O) groups is 2. The lowest BCUT2D eigenvalue weighted by molar-refractivity contribution is -0.134. The Morgan fingerprint density at radius 1 is 1.15 bits per heavy atom. The molecular formula is C18H17BrFN3O3. The molecule has 136 valence electrons. The molecule has 1 saturated heterocycles. The fourth-order valence-corrected chi connectivity index (χ4v) is 3.10. The van der Waals surface area contributed by atoms with Gasteiger partial charge in [0.2, 0.25) is 0 Å². The average Bonchev–Trinajstić information content (AvgIpc) is 2.66. The van der Waals surface area contributed by atoms with Crippen molar-refractivity contribution in [1.29, 1.82) is 0 Å². The number of hydrogen-bond donors (Lipinski definition) is 0. The Morgan fingerprint density at radius 2 is 1.88 bits per heavy atom. The Balaban J connectivity index is 1.49. The topological polar surface area (TPSA) is 62.7 Å². The highest BCUT2D eigenvalue weighted by molar-refractivity contribution is 9.10. The molecule has 1 aromatic heterocycles. The molecule has 1 amide bonds. The first-order valence-corrected chi connectivity index (χ1v) is 8.89. The Morgan fingerprint density at radius 3 is 2.58 bits per heavy atom. The molecule has 0 aliphatic carbocycles. The van der Waals surface area contributed by atoms with Gasteiger partial charge < -0.3 is 14.5 Å². The van der Waals surface area contributed by atoms with Crippen LogP contribution in [0, 0.1) is 5.82 Å². The van der Waals surface area contributed by atoms with Crippen LogP contribution in [0.15, 0.2) is 47.2 Å². The van der Waals surface area contributed by atoms with Crippen molar-refractivity contribution in [2.75, 3.05) is 37.7 Å². The van der Waals surface area contributed by atoms with E-state index < -0.39 is 5.97 Å². The number of rotatable bonds is 4. The minimum absolute atomic E-state index is 0.269. The molecule has 0 spiro atoms. The third-order valence-corrected chi connectivity index (χ3v) is 4.53. The van der Waals surface area contributed by atoms with Gasteiger partial charge in [0.05, 0.1) is 11.3 Å². The summed E-state index contributed by atoms with van der Waals surface area (Å²) in [5.41, 5.74) is 0.810. The van der Waals surface area contributed by atoms with Crippen molar-refractivity contribution in [2.45, 2.75) is 0 Å². The summed E-state index contributed by atoms with van der Waals surface area (Å²) in [7, 11) is 0. The summed E-state index contributed by atoms with van der Waals surface area (Å²) < 4.78 is 19.6. The van der Waals surface area contributed by atoms with Gasteiger partial charge in [-0.1, -0.05) is 12.1 Å². The molecule has 1 fully saturated rings. The smallest absolute Gasteiger partial charge is 0.340 e. The van der Waals surface area contributed by atoms with Crippen LogP contribution in [-0.4, -0.2) is 54.5 Å². The molecule has 1 aromatic carbocycles. The van der Waals surface area contributed by atoms with Crippen LogP contribution in [0.1, 0.15) is 10.4 Å². The number of aromatic nitrogens is 1. The summed E-state index contributed by atoms with van der Waals surface area (Å²) in [5.74, 6) is -1.14. The van der Waals surface area contributed by atoms with Crippen molar-refractivity contribution in [1.82, 2.24) is 9.88 Å². The molecule has 0 saturated carbocycles. The van der Waals surface area contributed by atoms with E-state index >= 15 is 0 Å². The number of esters is 1. The van der Waals surface area contributed by atoms with E-state index in [4.69, 9.17) is 4.74 Å². The van der Waals surface area contributed by atoms with Crippen LogP contribution in [-0.2, 0) is 9.53 Å². The van der Waals surface area contributed by atoms with Crippen LogP contribution >= 0.6 is 15.9 Å². The van der Waals surface area contributed by atoms with Gasteiger partial charge in [-0.15, -0.1) is 0 Å². The Labute approximate surface area is 158 Å². The highest BCUT2D eigenvalue weighted by Crippen LogP contribution is 2.20. The van der Waals surface area contributed by atoms with E-state index in [9.17, 15) is 14.0 Å². The number of anilines is 1. The number of amides is 1. The first-order valence-electron chi connectivity index (χ1n) is 8.09. The molecule has 0 atom stereocenters. The van der Waals surface area contributed by atoms with Crippen LogP contribution in [0.3, 0.4) is 0 Å². The zero-order valence-corrected chi connectivity index (χ0v) is 15.5.